The smallest absolute Gasteiger partial charge is 0.305 e. The maximum Gasteiger partial charge on any atom is 0.305 e. The predicted molar refractivity (Wildman–Crippen MR) is 111 cm³/mol. The Bertz CT molecular complexity index is 317. The third kappa shape index (κ3) is 14.2. The third-order valence-electron chi connectivity index (χ3n) is 5.18. The van der Waals surface area contributed by atoms with Crippen molar-refractivity contribution >= 4 is 5.97 Å². The van der Waals surface area contributed by atoms with Gasteiger partial charge in [-0.3, -0.25) is 4.79 Å². The Balaban J connectivity index is 3.73. The van der Waals surface area contributed by atoms with Crippen LogP contribution in [0.15, 0.2) is 12.3 Å². The highest BCUT2D eigenvalue weighted by Crippen LogP contribution is 2.17. The van der Waals surface area contributed by atoms with E-state index in [4.69, 9.17) is 9.47 Å². The van der Waals surface area contributed by atoms with Crippen LogP contribution in [0.3, 0.4) is 0 Å². The van der Waals surface area contributed by atoms with Gasteiger partial charge in [-0.15, -0.1) is 0 Å². The van der Waals surface area contributed by atoms with Gasteiger partial charge >= 0.3 is 5.97 Å². The Hall–Kier alpha value is -0.990. The zero-order valence-corrected chi connectivity index (χ0v) is 18.0. The van der Waals surface area contributed by atoms with E-state index < -0.39 is 0 Å². The van der Waals surface area contributed by atoms with Crippen LogP contribution in [0.25, 0.3) is 0 Å². The SMILES string of the molecule is C=C(CCCCC(=O)OCC(CC)CCCC)OCC(CC)CCCC. The second kappa shape index (κ2) is 17.4. The molecule has 0 N–H and O–H groups in total. The summed E-state index contributed by atoms with van der Waals surface area (Å²) in [6.07, 6.45) is 12.7. The average Bonchev–Trinajstić information content (AvgIpc) is 2.65. The summed E-state index contributed by atoms with van der Waals surface area (Å²) in [5, 5.41) is 0. The molecule has 0 heterocycles. The van der Waals surface area contributed by atoms with E-state index in [9.17, 15) is 4.79 Å². The van der Waals surface area contributed by atoms with Gasteiger partial charge in [-0.1, -0.05) is 72.8 Å². The van der Waals surface area contributed by atoms with Gasteiger partial charge in [-0.2, -0.15) is 0 Å². The van der Waals surface area contributed by atoms with Gasteiger partial charge < -0.3 is 9.47 Å². The number of hydrogen-bond donors (Lipinski definition) is 0. The first-order valence-corrected chi connectivity index (χ1v) is 11.0. The Morgan fingerprint density at radius 2 is 1.27 bits per heavy atom. The number of carbonyl (C=O) groups excluding carboxylic acids is 1. The second-order valence-electron chi connectivity index (χ2n) is 7.57. The fraction of sp³-hybridized carbons (Fsp3) is 0.870. The van der Waals surface area contributed by atoms with Crippen molar-refractivity contribution in [3.05, 3.63) is 12.3 Å². The zero-order chi connectivity index (χ0) is 19.6. The topological polar surface area (TPSA) is 35.5 Å². The molecule has 2 unspecified atom stereocenters. The molecule has 2 atom stereocenters. The monoisotopic (exact) mass is 368 g/mol. The highest BCUT2D eigenvalue weighted by molar-refractivity contribution is 5.69. The average molecular weight is 369 g/mol. The first-order chi connectivity index (χ1) is 12.6. The van der Waals surface area contributed by atoms with Gasteiger partial charge in [0.05, 0.1) is 19.0 Å². The normalized spacial score (nSPS) is 13.2. The van der Waals surface area contributed by atoms with Crippen LogP contribution < -0.4 is 0 Å². The quantitative estimate of drug-likeness (QED) is 0.148. The molecule has 0 saturated heterocycles. The molecule has 0 fully saturated rings. The van der Waals surface area contributed by atoms with Crippen molar-refractivity contribution in [1.82, 2.24) is 0 Å². The zero-order valence-electron chi connectivity index (χ0n) is 18.0. The second-order valence-corrected chi connectivity index (χ2v) is 7.57. The summed E-state index contributed by atoms with van der Waals surface area (Å²) >= 11 is 0. The summed E-state index contributed by atoms with van der Waals surface area (Å²) in [5.74, 6) is 1.96. The summed E-state index contributed by atoms with van der Waals surface area (Å²) in [4.78, 5) is 11.9. The molecule has 154 valence electrons. The number of esters is 1. The van der Waals surface area contributed by atoms with Crippen LogP contribution in [0.5, 0.6) is 0 Å². The molecule has 0 saturated carbocycles. The number of ether oxygens (including phenoxy) is 2. The van der Waals surface area contributed by atoms with Gasteiger partial charge in [0.2, 0.25) is 0 Å². The van der Waals surface area contributed by atoms with E-state index in [1.54, 1.807) is 0 Å². The van der Waals surface area contributed by atoms with Crippen LogP contribution in [0, 0.1) is 11.8 Å². The molecule has 0 radical (unpaired) electrons. The molecule has 26 heavy (non-hydrogen) atoms. The van der Waals surface area contributed by atoms with Crippen molar-refractivity contribution in [2.45, 2.75) is 105 Å². The van der Waals surface area contributed by atoms with Crippen molar-refractivity contribution in [3.8, 4) is 0 Å². The lowest BCUT2D eigenvalue weighted by molar-refractivity contribution is -0.145. The molecule has 0 aliphatic heterocycles. The molecule has 3 heteroatoms. The molecule has 0 aromatic carbocycles. The van der Waals surface area contributed by atoms with E-state index in [-0.39, 0.29) is 5.97 Å². The van der Waals surface area contributed by atoms with Gasteiger partial charge in [0.25, 0.3) is 0 Å². The van der Waals surface area contributed by atoms with E-state index in [1.165, 1.54) is 32.1 Å². The maximum atomic E-state index is 11.9. The minimum absolute atomic E-state index is 0.0582. The highest BCUT2D eigenvalue weighted by atomic mass is 16.5. The summed E-state index contributed by atoms with van der Waals surface area (Å²) in [6, 6.07) is 0. The van der Waals surface area contributed by atoms with Crippen LogP contribution >= 0.6 is 0 Å². The number of unbranched alkanes of at least 4 members (excludes halogenated alkanes) is 3. The predicted octanol–water partition coefficient (Wildman–Crippen LogP) is 7.05. The Kier molecular flexibility index (Phi) is 16.8. The van der Waals surface area contributed by atoms with Crippen molar-refractivity contribution in [2.24, 2.45) is 11.8 Å². The summed E-state index contributed by atoms with van der Waals surface area (Å²) < 4.78 is 11.3. The maximum absolute atomic E-state index is 11.9. The molecular formula is C23H44O3. The fourth-order valence-electron chi connectivity index (χ4n) is 2.98. The van der Waals surface area contributed by atoms with Gasteiger partial charge in [-0.05, 0) is 37.5 Å². The first-order valence-electron chi connectivity index (χ1n) is 11.0. The highest BCUT2D eigenvalue weighted by Gasteiger charge is 2.10. The number of allylic oxidation sites excluding steroid dienone is 1. The van der Waals surface area contributed by atoms with Crippen LogP contribution in [-0.4, -0.2) is 19.2 Å². The molecule has 0 aromatic heterocycles. The number of hydrogen-bond acceptors (Lipinski definition) is 3. The summed E-state index contributed by atoms with van der Waals surface area (Å²) in [7, 11) is 0. The molecule has 0 bridgehead atoms. The number of carbonyl (C=O) groups is 1. The lowest BCUT2D eigenvalue weighted by Crippen LogP contribution is -2.13. The molecule has 0 aromatic rings. The minimum atomic E-state index is -0.0582. The lowest BCUT2D eigenvalue weighted by Gasteiger charge is -2.17. The Morgan fingerprint density at radius 1 is 0.769 bits per heavy atom. The molecule has 0 amide bonds. The van der Waals surface area contributed by atoms with E-state index in [1.807, 2.05) is 0 Å². The largest absolute Gasteiger partial charge is 0.498 e. The molecule has 0 aliphatic carbocycles. The van der Waals surface area contributed by atoms with Crippen molar-refractivity contribution in [1.29, 1.82) is 0 Å². The van der Waals surface area contributed by atoms with Crippen LogP contribution in [0.2, 0.25) is 0 Å². The van der Waals surface area contributed by atoms with Gasteiger partial charge in [0.15, 0.2) is 0 Å². The molecule has 0 aliphatic rings. The molecule has 0 spiro atoms. The minimum Gasteiger partial charge on any atom is -0.498 e. The van der Waals surface area contributed by atoms with Crippen LogP contribution in [0.4, 0.5) is 0 Å². The van der Waals surface area contributed by atoms with E-state index in [0.29, 0.717) is 24.9 Å². The van der Waals surface area contributed by atoms with Crippen molar-refractivity contribution in [3.63, 3.8) is 0 Å². The number of rotatable bonds is 18. The molecule has 3 nitrogen and oxygen atoms in total. The fourth-order valence-corrected chi connectivity index (χ4v) is 2.98. The summed E-state index contributed by atoms with van der Waals surface area (Å²) in [6.45, 7) is 14.2. The Labute approximate surface area is 162 Å². The standard InChI is InChI=1S/C23H44O3/c1-6-10-15-21(8-3)18-25-20(5)14-12-13-17-23(24)26-19-22(9-4)16-11-7-2/h21-22H,5-19H2,1-4H3. The lowest BCUT2D eigenvalue weighted by atomic mass is 10.0. The van der Waals surface area contributed by atoms with Crippen LogP contribution in [-0.2, 0) is 14.3 Å². The van der Waals surface area contributed by atoms with E-state index >= 15 is 0 Å². The van der Waals surface area contributed by atoms with Gasteiger partial charge in [0, 0.05) is 12.8 Å². The van der Waals surface area contributed by atoms with E-state index in [0.717, 1.165) is 50.9 Å². The van der Waals surface area contributed by atoms with Crippen molar-refractivity contribution in [2.75, 3.05) is 13.2 Å². The summed E-state index contributed by atoms with van der Waals surface area (Å²) in [5.41, 5.74) is 0. The third-order valence-corrected chi connectivity index (χ3v) is 5.18. The van der Waals surface area contributed by atoms with Gasteiger partial charge in [0.1, 0.15) is 0 Å². The molecular weight excluding hydrogens is 324 g/mol. The first kappa shape index (κ1) is 25.0. The Morgan fingerprint density at radius 3 is 1.77 bits per heavy atom. The van der Waals surface area contributed by atoms with Crippen LogP contribution in [0.1, 0.15) is 105 Å². The van der Waals surface area contributed by atoms with Crippen molar-refractivity contribution < 1.29 is 14.3 Å². The van der Waals surface area contributed by atoms with Gasteiger partial charge in [-0.25, -0.2) is 0 Å². The van der Waals surface area contributed by atoms with E-state index in [2.05, 4.69) is 34.3 Å². The molecule has 0 rings (SSSR count).